The Hall–Kier alpha value is -2.34. The van der Waals surface area contributed by atoms with Crippen LogP contribution >= 0.6 is 0 Å². The van der Waals surface area contributed by atoms with Crippen LogP contribution in [0.4, 0.5) is 11.4 Å². The minimum absolute atomic E-state index is 0.129. The number of sulfonamides is 1. The lowest BCUT2D eigenvalue weighted by Gasteiger charge is -2.18. The van der Waals surface area contributed by atoms with E-state index in [9.17, 15) is 13.2 Å². The summed E-state index contributed by atoms with van der Waals surface area (Å²) in [5.41, 5.74) is 2.78. The summed E-state index contributed by atoms with van der Waals surface area (Å²) in [6.07, 6.45) is 3.01. The zero-order chi connectivity index (χ0) is 18.9. The van der Waals surface area contributed by atoms with Crippen molar-refractivity contribution in [3.63, 3.8) is 0 Å². The first kappa shape index (κ1) is 18.5. The van der Waals surface area contributed by atoms with Crippen molar-refractivity contribution in [1.82, 2.24) is 0 Å². The van der Waals surface area contributed by atoms with Crippen molar-refractivity contribution in [2.45, 2.75) is 44.9 Å². The molecule has 1 aliphatic rings. The van der Waals surface area contributed by atoms with Crippen LogP contribution in [0.3, 0.4) is 0 Å². The van der Waals surface area contributed by atoms with Gasteiger partial charge in [-0.3, -0.25) is 9.52 Å². The average Bonchev–Trinajstić information content (AvgIpc) is 3.01. The molecule has 0 saturated heterocycles. The summed E-state index contributed by atoms with van der Waals surface area (Å²) in [7, 11) is -3.67. The number of hydrogen-bond acceptors (Lipinski definition) is 3. The van der Waals surface area contributed by atoms with Gasteiger partial charge in [0, 0.05) is 11.1 Å². The van der Waals surface area contributed by atoms with Crippen molar-refractivity contribution in [3.8, 4) is 0 Å². The molecule has 2 aromatic rings. The topological polar surface area (TPSA) is 75.3 Å². The van der Waals surface area contributed by atoms with Crippen LogP contribution in [0.2, 0.25) is 0 Å². The van der Waals surface area contributed by atoms with E-state index in [1.165, 1.54) is 5.56 Å². The number of anilines is 2. The second kappa shape index (κ2) is 6.76. The van der Waals surface area contributed by atoms with Crippen LogP contribution in [0, 0.1) is 5.41 Å². The van der Waals surface area contributed by atoms with Gasteiger partial charge in [-0.2, -0.15) is 0 Å². The number of rotatable bonds is 4. The van der Waals surface area contributed by atoms with Gasteiger partial charge in [-0.25, -0.2) is 8.42 Å². The molecule has 0 unspecified atom stereocenters. The van der Waals surface area contributed by atoms with Crippen LogP contribution in [0.25, 0.3) is 0 Å². The smallest absolute Gasteiger partial charge is 0.261 e. The quantitative estimate of drug-likeness (QED) is 0.853. The first-order chi connectivity index (χ1) is 12.1. The van der Waals surface area contributed by atoms with E-state index < -0.39 is 15.4 Å². The normalized spacial score (nSPS) is 14.0. The molecule has 0 aromatic heterocycles. The molecule has 0 heterocycles. The zero-order valence-electron chi connectivity index (χ0n) is 15.3. The number of carbonyl (C=O) groups excluding carboxylic acids is 1. The van der Waals surface area contributed by atoms with E-state index in [2.05, 4.69) is 10.0 Å². The van der Waals surface area contributed by atoms with Crippen molar-refractivity contribution in [1.29, 1.82) is 0 Å². The molecule has 0 aliphatic heterocycles. The minimum atomic E-state index is -3.67. The summed E-state index contributed by atoms with van der Waals surface area (Å²) in [6.45, 7) is 5.47. The van der Waals surface area contributed by atoms with Crippen LogP contribution in [-0.4, -0.2) is 14.3 Å². The third-order valence-electron chi connectivity index (χ3n) is 4.43. The maximum Gasteiger partial charge on any atom is 0.261 e. The number of hydrogen-bond donors (Lipinski definition) is 2. The summed E-state index contributed by atoms with van der Waals surface area (Å²) < 4.78 is 28.0. The summed E-state index contributed by atoms with van der Waals surface area (Å²) in [5, 5.41) is 2.81. The van der Waals surface area contributed by atoms with Crippen LogP contribution in [0.1, 0.15) is 38.3 Å². The Morgan fingerprint density at radius 3 is 2.38 bits per heavy atom. The number of nitrogens with one attached hydrogen (secondary N) is 2. The van der Waals surface area contributed by atoms with E-state index in [4.69, 9.17) is 0 Å². The van der Waals surface area contributed by atoms with E-state index >= 15 is 0 Å². The molecule has 0 spiro atoms. The number of fused-ring (bicyclic) bond motifs is 1. The van der Waals surface area contributed by atoms with Gasteiger partial charge in [-0.1, -0.05) is 32.9 Å². The summed E-state index contributed by atoms with van der Waals surface area (Å²) in [6, 6.07) is 12.0. The minimum Gasteiger partial charge on any atom is -0.326 e. The Bertz CT molecular complexity index is 944. The van der Waals surface area contributed by atoms with Crippen LogP contribution in [-0.2, 0) is 27.7 Å². The molecular weight excluding hydrogens is 348 g/mol. The van der Waals surface area contributed by atoms with Crippen molar-refractivity contribution >= 4 is 27.3 Å². The molecular formula is C20H24N2O3S. The van der Waals surface area contributed by atoms with Gasteiger partial charge in [-0.05, 0) is 60.7 Å². The first-order valence-electron chi connectivity index (χ1n) is 8.71. The number of amides is 1. The highest BCUT2D eigenvalue weighted by Gasteiger charge is 2.22. The van der Waals surface area contributed by atoms with Crippen molar-refractivity contribution in [2.24, 2.45) is 5.41 Å². The largest absolute Gasteiger partial charge is 0.326 e. The molecule has 0 saturated carbocycles. The Balaban J connectivity index is 1.80. The third kappa shape index (κ3) is 4.07. The fourth-order valence-electron chi connectivity index (χ4n) is 2.91. The van der Waals surface area contributed by atoms with Gasteiger partial charge in [0.2, 0.25) is 5.91 Å². The first-order valence-corrected chi connectivity index (χ1v) is 10.2. The van der Waals surface area contributed by atoms with Gasteiger partial charge in [0.15, 0.2) is 0 Å². The van der Waals surface area contributed by atoms with Gasteiger partial charge in [-0.15, -0.1) is 0 Å². The molecule has 6 heteroatoms. The maximum atomic E-state index is 12.7. The van der Waals surface area contributed by atoms with Crippen molar-refractivity contribution < 1.29 is 13.2 Å². The SMILES string of the molecule is CC(C)(C)C(=O)Nc1cccc(NS(=O)(=O)c2ccc3c(c2)CCC3)c1. The molecule has 0 atom stereocenters. The lowest BCUT2D eigenvalue weighted by atomic mass is 9.95. The van der Waals surface area contributed by atoms with Gasteiger partial charge in [0.25, 0.3) is 10.0 Å². The second-order valence-corrected chi connectivity index (χ2v) is 9.36. The van der Waals surface area contributed by atoms with Crippen molar-refractivity contribution in [2.75, 3.05) is 10.0 Å². The molecule has 138 valence electrons. The van der Waals surface area contributed by atoms with E-state index in [0.29, 0.717) is 11.4 Å². The molecule has 3 rings (SSSR count). The van der Waals surface area contributed by atoms with E-state index in [-0.39, 0.29) is 10.8 Å². The van der Waals surface area contributed by atoms with Gasteiger partial charge < -0.3 is 5.32 Å². The highest BCUT2D eigenvalue weighted by molar-refractivity contribution is 7.92. The highest BCUT2D eigenvalue weighted by atomic mass is 32.2. The predicted octanol–water partition coefficient (Wildman–Crippen LogP) is 3.96. The average molecular weight is 372 g/mol. The van der Waals surface area contributed by atoms with Gasteiger partial charge >= 0.3 is 0 Å². The van der Waals surface area contributed by atoms with E-state index in [1.54, 1.807) is 36.4 Å². The Morgan fingerprint density at radius 2 is 1.65 bits per heavy atom. The lowest BCUT2D eigenvalue weighted by Crippen LogP contribution is -2.27. The third-order valence-corrected chi connectivity index (χ3v) is 5.81. The summed E-state index contributed by atoms with van der Waals surface area (Å²) >= 11 is 0. The molecule has 5 nitrogen and oxygen atoms in total. The van der Waals surface area contributed by atoms with E-state index in [1.807, 2.05) is 26.8 Å². The summed E-state index contributed by atoms with van der Waals surface area (Å²) in [5.74, 6) is -0.129. The fourth-order valence-corrected chi connectivity index (χ4v) is 4.01. The van der Waals surface area contributed by atoms with Crippen LogP contribution in [0.15, 0.2) is 47.4 Å². The van der Waals surface area contributed by atoms with Crippen molar-refractivity contribution in [3.05, 3.63) is 53.6 Å². The molecule has 2 aromatic carbocycles. The Labute approximate surface area is 154 Å². The summed E-state index contributed by atoms with van der Waals surface area (Å²) in [4.78, 5) is 12.4. The molecule has 0 fully saturated rings. The fraction of sp³-hybridized carbons (Fsp3) is 0.350. The number of benzene rings is 2. The molecule has 1 amide bonds. The molecule has 26 heavy (non-hydrogen) atoms. The molecule has 0 bridgehead atoms. The van der Waals surface area contributed by atoms with Crippen LogP contribution in [0.5, 0.6) is 0 Å². The zero-order valence-corrected chi connectivity index (χ0v) is 16.1. The maximum absolute atomic E-state index is 12.7. The lowest BCUT2D eigenvalue weighted by molar-refractivity contribution is -0.123. The monoisotopic (exact) mass is 372 g/mol. The van der Waals surface area contributed by atoms with E-state index in [0.717, 1.165) is 24.8 Å². The molecule has 1 aliphatic carbocycles. The predicted molar refractivity (Wildman–Crippen MR) is 104 cm³/mol. The second-order valence-electron chi connectivity index (χ2n) is 7.67. The van der Waals surface area contributed by atoms with Gasteiger partial charge in [0.05, 0.1) is 10.6 Å². The standard InChI is InChI=1S/C20H24N2O3S/c1-20(2,3)19(23)21-16-8-5-9-17(13-16)22-26(24,25)18-11-10-14-6-4-7-15(14)12-18/h5,8-13,22H,4,6-7H2,1-3H3,(H,21,23). The van der Waals surface area contributed by atoms with Crippen LogP contribution < -0.4 is 10.0 Å². The highest BCUT2D eigenvalue weighted by Crippen LogP contribution is 2.26. The molecule has 0 radical (unpaired) electrons. The Morgan fingerprint density at radius 1 is 0.962 bits per heavy atom. The Kier molecular flexibility index (Phi) is 4.80. The van der Waals surface area contributed by atoms with Gasteiger partial charge in [0.1, 0.15) is 0 Å². The number of aryl methyl sites for hydroxylation is 2. The number of carbonyl (C=O) groups is 1. The molecule has 2 N–H and O–H groups in total.